The molecule has 0 saturated heterocycles. The van der Waals surface area contributed by atoms with Crippen LogP contribution in [0.1, 0.15) is 20.3 Å². The van der Waals surface area contributed by atoms with Crippen LogP contribution in [0, 0.1) is 5.92 Å². The van der Waals surface area contributed by atoms with Crippen LogP contribution in [0.5, 0.6) is 0 Å². The summed E-state index contributed by atoms with van der Waals surface area (Å²) in [6.45, 7) is 4.03. The van der Waals surface area contributed by atoms with Crippen molar-refractivity contribution in [3.8, 4) is 0 Å². The Labute approximate surface area is 91.0 Å². The standard InChI is InChI=1S/C10H21N3O2/c1-5-8(11)10(15)13(4)6-7(2)9(14)12-3/h7-8H,5-6,11H2,1-4H3,(H,12,14). The van der Waals surface area contributed by atoms with Crippen molar-refractivity contribution < 1.29 is 9.59 Å². The van der Waals surface area contributed by atoms with Crippen molar-refractivity contribution in [2.75, 3.05) is 20.6 Å². The molecule has 0 rings (SSSR count). The SMILES string of the molecule is CCC(N)C(=O)N(C)CC(C)C(=O)NC. The van der Waals surface area contributed by atoms with E-state index in [-0.39, 0.29) is 17.7 Å². The molecule has 0 bridgehead atoms. The van der Waals surface area contributed by atoms with E-state index in [4.69, 9.17) is 5.73 Å². The van der Waals surface area contributed by atoms with Gasteiger partial charge in [0.15, 0.2) is 0 Å². The van der Waals surface area contributed by atoms with Gasteiger partial charge in [-0.05, 0) is 6.42 Å². The van der Waals surface area contributed by atoms with Gasteiger partial charge in [0.2, 0.25) is 11.8 Å². The second kappa shape index (κ2) is 6.40. The van der Waals surface area contributed by atoms with Gasteiger partial charge >= 0.3 is 0 Å². The van der Waals surface area contributed by atoms with E-state index < -0.39 is 6.04 Å². The molecule has 88 valence electrons. The monoisotopic (exact) mass is 215 g/mol. The smallest absolute Gasteiger partial charge is 0.239 e. The number of nitrogens with two attached hydrogens (primary N) is 1. The number of nitrogens with one attached hydrogen (secondary N) is 1. The van der Waals surface area contributed by atoms with Crippen molar-refractivity contribution in [2.45, 2.75) is 26.3 Å². The van der Waals surface area contributed by atoms with Crippen LogP contribution in [-0.4, -0.2) is 43.4 Å². The Balaban J connectivity index is 4.18. The van der Waals surface area contributed by atoms with Crippen LogP contribution in [0.3, 0.4) is 0 Å². The second-order valence-corrected chi connectivity index (χ2v) is 3.75. The van der Waals surface area contributed by atoms with Gasteiger partial charge in [-0.1, -0.05) is 13.8 Å². The molecule has 5 nitrogen and oxygen atoms in total. The highest BCUT2D eigenvalue weighted by Gasteiger charge is 2.20. The molecule has 5 heteroatoms. The molecule has 2 unspecified atom stereocenters. The number of hydrogen-bond donors (Lipinski definition) is 2. The van der Waals surface area contributed by atoms with Crippen LogP contribution in [0.4, 0.5) is 0 Å². The first-order chi connectivity index (χ1) is 6.93. The molecule has 15 heavy (non-hydrogen) atoms. The fourth-order valence-electron chi connectivity index (χ4n) is 1.29. The molecule has 0 heterocycles. The third-order valence-electron chi connectivity index (χ3n) is 2.37. The predicted octanol–water partition coefficient (Wildman–Crippen LogP) is -0.436. The molecule has 0 aromatic heterocycles. The second-order valence-electron chi connectivity index (χ2n) is 3.75. The van der Waals surface area contributed by atoms with Crippen LogP contribution in [0.25, 0.3) is 0 Å². The maximum atomic E-state index is 11.6. The Kier molecular flexibility index (Phi) is 5.93. The molecular formula is C10H21N3O2. The Bertz CT molecular complexity index is 231. The lowest BCUT2D eigenvalue weighted by Gasteiger charge is -2.23. The van der Waals surface area contributed by atoms with Crippen LogP contribution in [-0.2, 0) is 9.59 Å². The Morgan fingerprint density at radius 1 is 1.47 bits per heavy atom. The largest absolute Gasteiger partial charge is 0.359 e. The number of carbonyl (C=O) groups excluding carboxylic acids is 2. The number of carbonyl (C=O) groups is 2. The van der Waals surface area contributed by atoms with E-state index >= 15 is 0 Å². The van der Waals surface area contributed by atoms with Crippen molar-refractivity contribution in [2.24, 2.45) is 11.7 Å². The summed E-state index contributed by atoms with van der Waals surface area (Å²) in [5.74, 6) is -0.402. The molecular weight excluding hydrogens is 194 g/mol. The summed E-state index contributed by atoms with van der Waals surface area (Å²) in [5, 5.41) is 2.54. The minimum absolute atomic E-state index is 0.0697. The molecule has 0 aliphatic rings. The maximum Gasteiger partial charge on any atom is 0.239 e. The number of nitrogens with zero attached hydrogens (tertiary/aromatic N) is 1. The summed E-state index contributed by atoms with van der Waals surface area (Å²) in [6.07, 6.45) is 0.609. The van der Waals surface area contributed by atoms with Crippen LogP contribution in [0.15, 0.2) is 0 Å². The Morgan fingerprint density at radius 2 is 2.00 bits per heavy atom. The van der Waals surface area contributed by atoms with Gasteiger partial charge in [-0.2, -0.15) is 0 Å². The third kappa shape index (κ3) is 4.29. The van der Waals surface area contributed by atoms with Crippen LogP contribution in [0.2, 0.25) is 0 Å². The number of rotatable bonds is 5. The molecule has 0 fully saturated rings. The van der Waals surface area contributed by atoms with Crippen molar-refractivity contribution in [1.82, 2.24) is 10.2 Å². The fraction of sp³-hybridized carbons (Fsp3) is 0.800. The average Bonchev–Trinajstić information content (AvgIpc) is 2.25. The summed E-state index contributed by atoms with van der Waals surface area (Å²) in [5.41, 5.74) is 5.61. The molecule has 0 spiro atoms. The molecule has 2 atom stereocenters. The summed E-state index contributed by atoms with van der Waals surface area (Å²) < 4.78 is 0. The highest BCUT2D eigenvalue weighted by molar-refractivity contribution is 5.83. The number of amides is 2. The molecule has 0 aliphatic heterocycles. The van der Waals surface area contributed by atoms with Crippen molar-refractivity contribution in [3.05, 3.63) is 0 Å². The summed E-state index contributed by atoms with van der Waals surface area (Å²) in [7, 11) is 3.25. The molecule has 0 aliphatic carbocycles. The van der Waals surface area contributed by atoms with E-state index in [9.17, 15) is 9.59 Å². The van der Waals surface area contributed by atoms with E-state index in [1.165, 1.54) is 4.90 Å². The van der Waals surface area contributed by atoms with Crippen molar-refractivity contribution >= 4 is 11.8 Å². The highest BCUT2D eigenvalue weighted by Crippen LogP contribution is 2.01. The lowest BCUT2D eigenvalue weighted by molar-refractivity contribution is -0.133. The van der Waals surface area contributed by atoms with E-state index in [2.05, 4.69) is 5.32 Å². The third-order valence-corrected chi connectivity index (χ3v) is 2.37. The normalized spacial score (nSPS) is 14.2. The molecule has 0 radical (unpaired) electrons. The van der Waals surface area contributed by atoms with Gasteiger partial charge in [-0.15, -0.1) is 0 Å². The summed E-state index contributed by atoms with van der Waals surface area (Å²) in [6, 6.07) is -0.466. The zero-order chi connectivity index (χ0) is 12.0. The van der Waals surface area contributed by atoms with Gasteiger partial charge in [0.1, 0.15) is 0 Å². The molecule has 0 aromatic carbocycles. The topological polar surface area (TPSA) is 75.4 Å². The summed E-state index contributed by atoms with van der Waals surface area (Å²) in [4.78, 5) is 24.3. The fourth-order valence-corrected chi connectivity index (χ4v) is 1.29. The van der Waals surface area contributed by atoms with Gasteiger partial charge in [-0.25, -0.2) is 0 Å². The van der Waals surface area contributed by atoms with Crippen LogP contribution >= 0.6 is 0 Å². The molecule has 0 aromatic rings. The average molecular weight is 215 g/mol. The lowest BCUT2D eigenvalue weighted by Crippen LogP contribution is -2.44. The maximum absolute atomic E-state index is 11.6. The van der Waals surface area contributed by atoms with Crippen molar-refractivity contribution in [3.63, 3.8) is 0 Å². The minimum Gasteiger partial charge on any atom is -0.359 e. The zero-order valence-electron chi connectivity index (χ0n) is 9.91. The first kappa shape index (κ1) is 13.9. The Morgan fingerprint density at radius 3 is 2.40 bits per heavy atom. The quantitative estimate of drug-likeness (QED) is 0.653. The zero-order valence-corrected chi connectivity index (χ0v) is 9.91. The highest BCUT2D eigenvalue weighted by atomic mass is 16.2. The van der Waals surface area contributed by atoms with E-state index in [1.54, 1.807) is 21.0 Å². The van der Waals surface area contributed by atoms with E-state index in [0.717, 1.165) is 0 Å². The van der Waals surface area contributed by atoms with Gasteiger partial charge < -0.3 is 16.0 Å². The van der Waals surface area contributed by atoms with Gasteiger partial charge in [-0.3, -0.25) is 9.59 Å². The first-order valence-electron chi connectivity index (χ1n) is 5.16. The first-order valence-corrected chi connectivity index (χ1v) is 5.16. The number of hydrogen-bond acceptors (Lipinski definition) is 3. The lowest BCUT2D eigenvalue weighted by atomic mass is 10.1. The summed E-state index contributed by atoms with van der Waals surface area (Å²) >= 11 is 0. The van der Waals surface area contributed by atoms with Crippen LogP contribution < -0.4 is 11.1 Å². The molecule has 0 saturated carbocycles. The Hall–Kier alpha value is -1.10. The van der Waals surface area contributed by atoms with E-state index in [0.29, 0.717) is 13.0 Å². The minimum atomic E-state index is -0.466. The van der Waals surface area contributed by atoms with Gasteiger partial charge in [0.05, 0.1) is 12.0 Å². The number of likely N-dealkylation sites (N-methyl/N-ethyl adjacent to an activating group) is 1. The predicted molar refractivity (Wildman–Crippen MR) is 59.1 cm³/mol. The van der Waals surface area contributed by atoms with Crippen molar-refractivity contribution in [1.29, 1.82) is 0 Å². The molecule has 2 amide bonds. The van der Waals surface area contributed by atoms with E-state index in [1.807, 2.05) is 6.92 Å². The van der Waals surface area contributed by atoms with Gasteiger partial charge in [0.25, 0.3) is 0 Å². The van der Waals surface area contributed by atoms with Gasteiger partial charge in [0, 0.05) is 20.6 Å². The molecule has 3 N–H and O–H groups in total.